The minimum absolute atomic E-state index is 0.612. The maximum atomic E-state index is 5.58. The number of rotatable bonds is 6. The highest BCUT2D eigenvalue weighted by Gasteiger charge is 1.95. The summed E-state index contributed by atoms with van der Waals surface area (Å²) in [4.78, 5) is 0. The third-order valence-electron chi connectivity index (χ3n) is 3.30. The number of hydrogen-bond acceptors (Lipinski definition) is 2. The van der Waals surface area contributed by atoms with Crippen molar-refractivity contribution >= 4 is 0 Å². The fourth-order valence-electron chi connectivity index (χ4n) is 2.01. The highest BCUT2D eigenvalue weighted by atomic mass is 14.8. The lowest BCUT2D eigenvalue weighted by Crippen LogP contribution is -2.16. The molecule has 100 valence electrons. The molecule has 0 aliphatic carbocycles. The second-order valence-corrected chi connectivity index (χ2v) is 4.93. The smallest absolute Gasteiger partial charge is 0.0205 e. The van der Waals surface area contributed by atoms with Gasteiger partial charge >= 0.3 is 0 Å². The van der Waals surface area contributed by atoms with Crippen LogP contribution in [0.3, 0.4) is 0 Å². The number of aryl methyl sites for hydroxylation is 1. The summed E-state index contributed by atoms with van der Waals surface area (Å²) in [5.74, 6) is 0. The largest absolute Gasteiger partial charge is 0.326 e. The van der Waals surface area contributed by atoms with Crippen LogP contribution in [-0.2, 0) is 19.5 Å². The van der Waals surface area contributed by atoms with Crippen molar-refractivity contribution in [1.82, 2.24) is 5.32 Å². The molecule has 0 saturated heterocycles. The second-order valence-electron chi connectivity index (χ2n) is 4.93. The van der Waals surface area contributed by atoms with Crippen LogP contribution in [0.15, 0.2) is 48.5 Å². The van der Waals surface area contributed by atoms with Crippen molar-refractivity contribution in [3.05, 3.63) is 70.8 Å². The number of nitrogens with one attached hydrogen (secondary N) is 1. The standard InChI is InChI=1S/C17H22N2/c1-14-2-4-15(5-3-14)10-11-19-13-17-8-6-16(12-18)7-9-17/h2-9,19H,10-13,18H2,1H3. The van der Waals surface area contributed by atoms with Crippen LogP contribution in [0.1, 0.15) is 22.3 Å². The summed E-state index contributed by atoms with van der Waals surface area (Å²) in [5.41, 5.74) is 10.8. The number of benzene rings is 2. The van der Waals surface area contributed by atoms with Crippen LogP contribution in [-0.4, -0.2) is 6.54 Å². The molecule has 2 nitrogen and oxygen atoms in total. The van der Waals surface area contributed by atoms with E-state index in [1.54, 1.807) is 0 Å². The first kappa shape index (κ1) is 13.8. The van der Waals surface area contributed by atoms with E-state index in [1.807, 2.05) is 0 Å². The normalized spacial score (nSPS) is 10.6. The summed E-state index contributed by atoms with van der Waals surface area (Å²) in [5, 5.41) is 3.47. The first-order chi connectivity index (χ1) is 9.28. The Morgan fingerprint density at radius 3 is 2.05 bits per heavy atom. The van der Waals surface area contributed by atoms with Crippen molar-refractivity contribution in [2.24, 2.45) is 5.73 Å². The Labute approximate surface area is 115 Å². The minimum atomic E-state index is 0.612. The highest BCUT2D eigenvalue weighted by Crippen LogP contribution is 2.05. The lowest BCUT2D eigenvalue weighted by Gasteiger charge is -2.06. The topological polar surface area (TPSA) is 38.0 Å². The third kappa shape index (κ3) is 4.51. The van der Waals surface area contributed by atoms with Crippen LogP contribution in [0.4, 0.5) is 0 Å². The average molecular weight is 254 g/mol. The van der Waals surface area contributed by atoms with E-state index in [4.69, 9.17) is 5.73 Å². The fraction of sp³-hybridized carbons (Fsp3) is 0.294. The molecule has 0 aromatic heterocycles. The van der Waals surface area contributed by atoms with Gasteiger partial charge in [-0.15, -0.1) is 0 Å². The molecule has 2 heteroatoms. The van der Waals surface area contributed by atoms with Gasteiger partial charge in [0.1, 0.15) is 0 Å². The lowest BCUT2D eigenvalue weighted by molar-refractivity contribution is 0.686. The molecule has 0 atom stereocenters. The van der Waals surface area contributed by atoms with E-state index in [9.17, 15) is 0 Å². The molecule has 0 aliphatic heterocycles. The molecule has 0 radical (unpaired) electrons. The molecule has 0 saturated carbocycles. The van der Waals surface area contributed by atoms with E-state index in [0.29, 0.717) is 6.54 Å². The van der Waals surface area contributed by atoms with Gasteiger partial charge in [-0.1, -0.05) is 54.1 Å². The molecule has 3 N–H and O–H groups in total. The van der Waals surface area contributed by atoms with Crippen LogP contribution < -0.4 is 11.1 Å². The van der Waals surface area contributed by atoms with E-state index >= 15 is 0 Å². The van der Waals surface area contributed by atoms with Crippen LogP contribution in [0.2, 0.25) is 0 Å². The monoisotopic (exact) mass is 254 g/mol. The van der Waals surface area contributed by atoms with Crippen molar-refractivity contribution < 1.29 is 0 Å². The molecule has 0 heterocycles. The average Bonchev–Trinajstić information content (AvgIpc) is 2.46. The van der Waals surface area contributed by atoms with Crippen LogP contribution in [0.5, 0.6) is 0 Å². The summed E-state index contributed by atoms with van der Waals surface area (Å²) < 4.78 is 0. The van der Waals surface area contributed by atoms with Gasteiger partial charge in [0.05, 0.1) is 0 Å². The number of nitrogens with two attached hydrogens (primary N) is 1. The molecule has 0 unspecified atom stereocenters. The van der Waals surface area contributed by atoms with Gasteiger partial charge in [-0.2, -0.15) is 0 Å². The summed E-state index contributed by atoms with van der Waals surface area (Å²) in [7, 11) is 0. The van der Waals surface area contributed by atoms with Gasteiger partial charge in [0.15, 0.2) is 0 Å². The Bertz CT molecular complexity index is 486. The van der Waals surface area contributed by atoms with E-state index in [2.05, 4.69) is 60.8 Å². The summed E-state index contributed by atoms with van der Waals surface area (Å²) >= 11 is 0. The molecular weight excluding hydrogens is 232 g/mol. The third-order valence-corrected chi connectivity index (χ3v) is 3.30. The molecule has 0 aliphatic rings. The molecule has 19 heavy (non-hydrogen) atoms. The molecule has 0 amide bonds. The van der Waals surface area contributed by atoms with E-state index < -0.39 is 0 Å². The van der Waals surface area contributed by atoms with Gasteiger partial charge in [-0.05, 0) is 36.6 Å². The Morgan fingerprint density at radius 1 is 0.842 bits per heavy atom. The quantitative estimate of drug-likeness (QED) is 0.778. The van der Waals surface area contributed by atoms with Crippen LogP contribution in [0, 0.1) is 6.92 Å². The lowest BCUT2D eigenvalue weighted by atomic mass is 10.1. The van der Waals surface area contributed by atoms with Crippen LogP contribution in [0.25, 0.3) is 0 Å². The zero-order chi connectivity index (χ0) is 13.5. The molecule has 2 aromatic carbocycles. The van der Waals surface area contributed by atoms with Gasteiger partial charge in [0.2, 0.25) is 0 Å². The first-order valence-corrected chi connectivity index (χ1v) is 6.82. The molecule has 2 aromatic rings. The molecule has 0 fully saturated rings. The van der Waals surface area contributed by atoms with E-state index in [1.165, 1.54) is 22.3 Å². The van der Waals surface area contributed by atoms with Crippen molar-refractivity contribution in [2.75, 3.05) is 6.54 Å². The highest BCUT2D eigenvalue weighted by molar-refractivity contribution is 5.23. The van der Waals surface area contributed by atoms with Gasteiger partial charge in [0, 0.05) is 13.1 Å². The zero-order valence-electron chi connectivity index (χ0n) is 11.5. The molecule has 0 bridgehead atoms. The van der Waals surface area contributed by atoms with Gasteiger partial charge in [0.25, 0.3) is 0 Å². The van der Waals surface area contributed by atoms with Crippen molar-refractivity contribution in [2.45, 2.75) is 26.4 Å². The predicted octanol–water partition coefficient (Wildman–Crippen LogP) is 2.79. The summed E-state index contributed by atoms with van der Waals surface area (Å²) in [6.45, 7) is 4.65. The predicted molar refractivity (Wildman–Crippen MR) is 80.9 cm³/mol. The SMILES string of the molecule is Cc1ccc(CCNCc2ccc(CN)cc2)cc1. The van der Waals surface area contributed by atoms with E-state index in [-0.39, 0.29) is 0 Å². The maximum absolute atomic E-state index is 5.58. The van der Waals surface area contributed by atoms with Gasteiger partial charge in [-0.25, -0.2) is 0 Å². The van der Waals surface area contributed by atoms with Gasteiger partial charge in [-0.3, -0.25) is 0 Å². The van der Waals surface area contributed by atoms with Crippen molar-refractivity contribution in [3.63, 3.8) is 0 Å². The zero-order valence-corrected chi connectivity index (χ0v) is 11.5. The summed E-state index contributed by atoms with van der Waals surface area (Å²) in [6, 6.07) is 17.2. The first-order valence-electron chi connectivity index (χ1n) is 6.82. The second kappa shape index (κ2) is 7.07. The van der Waals surface area contributed by atoms with Gasteiger partial charge < -0.3 is 11.1 Å². The minimum Gasteiger partial charge on any atom is -0.326 e. The fourth-order valence-corrected chi connectivity index (χ4v) is 2.01. The Morgan fingerprint density at radius 2 is 1.42 bits per heavy atom. The molecule has 0 spiro atoms. The Hall–Kier alpha value is -1.64. The van der Waals surface area contributed by atoms with Crippen molar-refractivity contribution in [3.8, 4) is 0 Å². The molecule has 2 rings (SSSR count). The van der Waals surface area contributed by atoms with E-state index in [0.717, 1.165) is 19.5 Å². The molecular formula is C17H22N2. The van der Waals surface area contributed by atoms with Crippen molar-refractivity contribution in [1.29, 1.82) is 0 Å². The summed E-state index contributed by atoms with van der Waals surface area (Å²) in [6.07, 6.45) is 1.07. The Balaban J connectivity index is 1.72. The number of hydrogen-bond donors (Lipinski definition) is 2. The Kier molecular flexibility index (Phi) is 5.13. The maximum Gasteiger partial charge on any atom is 0.0205 e. The van der Waals surface area contributed by atoms with Crippen LogP contribution >= 0.6 is 0 Å².